The summed E-state index contributed by atoms with van der Waals surface area (Å²) in [7, 11) is 0. The summed E-state index contributed by atoms with van der Waals surface area (Å²) in [5.74, 6) is 0. The molecule has 50 valence electrons. The maximum absolute atomic E-state index is 10.2. The molecule has 10 heavy (non-hydrogen) atoms. The van der Waals surface area contributed by atoms with Gasteiger partial charge in [0.2, 0.25) is 0 Å². The van der Waals surface area contributed by atoms with Gasteiger partial charge >= 0.3 is 6.09 Å². The van der Waals surface area contributed by atoms with Crippen LogP contribution in [0.15, 0.2) is 12.5 Å². The zero-order valence-electron chi connectivity index (χ0n) is 4.85. The average molecular weight is 137 g/mol. The molecule has 1 N–H and O–H groups in total. The number of imidazole rings is 1. The highest BCUT2D eigenvalue weighted by molar-refractivity contribution is 5.69. The van der Waals surface area contributed by atoms with Crippen molar-refractivity contribution in [3.8, 4) is 6.07 Å². The van der Waals surface area contributed by atoms with E-state index in [1.54, 1.807) is 6.07 Å². The summed E-state index contributed by atoms with van der Waals surface area (Å²) in [5, 5.41) is 16.6. The molecule has 0 aliphatic rings. The fourth-order valence-electron chi connectivity index (χ4n) is 0.530. The molecule has 0 amide bonds. The van der Waals surface area contributed by atoms with Crippen molar-refractivity contribution in [2.24, 2.45) is 0 Å². The first kappa shape index (κ1) is 6.29. The third-order valence-electron chi connectivity index (χ3n) is 0.959. The average Bonchev–Trinajstić information content (AvgIpc) is 2.33. The predicted octanol–water partition coefficient (Wildman–Crippen LogP) is 0.281. The highest BCUT2D eigenvalue weighted by atomic mass is 16.4. The first-order chi connectivity index (χ1) is 4.75. The Hall–Kier alpha value is -1.83. The van der Waals surface area contributed by atoms with Gasteiger partial charge < -0.3 is 5.11 Å². The molecule has 1 rings (SSSR count). The van der Waals surface area contributed by atoms with Gasteiger partial charge in [0.1, 0.15) is 18.1 Å². The number of carbonyl (C=O) groups is 1. The minimum Gasteiger partial charge on any atom is -0.464 e. The van der Waals surface area contributed by atoms with Crippen molar-refractivity contribution in [3.05, 3.63) is 18.2 Å². The van der Waals surface area contributed by atoms with Crippen LogP contribution in [0.5, 0.6) is 0 Å². The molecule has 0 aliphatic heterocycles. The van der Waals surface area contributed by atoms with E-state index in [1.165, 1.54) is 6.20 Å². The number of hydrogen-bond acceptors (Lipinski definition) is 3. The second-order valence-corrected chi connectivity index (χ2v) is 1.54. The largest absolute Gasteiger partial charge is 0.464 e. The van der Waals surface area contributed by atoms with Gasteiger partial charge in [-0.3, -0.25) is 0 Å². The number of carboxylic acid groups (broad SMARTS) is 1. The molecule has 0 fully saturated rings. The van der Waals surface area contributed by atoms with Crippen LogP contribution in [0.1, 0.15) is 5.69 Å². The van der Waals surface area contributed by atoms with E-state index < -0.39 is 6.09 Å². The molecule has 0 aromatic carbocycles. The second kappa shape index (κ2) is 2.19. The molecule has 0 unspecified atom stereocenters. The van der Waals surface area contributed by atoms with E-state index in [0.717, 1.165) is 10.9 Å². The highest BCUT2D eigenvalue weighted by Gasteiger charge is 2.05. The molecule has 0 saturated heterocycles. The van der Waals surface area contributed by atoms with Gasteiger partial charge in [-0.2, -0.15) is 5.26 Å². The molecule has 0 radical (unpaired) electrons. The van der Waals surface area contributed by atoms with Crippen LogP contribution >= 0.6 is 0 Å². The van der Waals surface area contributed by atoms with Gasteiger partial charge in [0.05, 0.1) is 6.20 Å². The van der Waals surface area contributed by atoms with E-state index in [9.17, 15) is 4.79 Å². The van der Waals surface area contributed by atoms with E-state index in [-0.39, 0.29) is 5.69 Å². The monoisotopic (exact) mass is 137 g/mol. The van der Waals surface area contributed by atoms with Crippen LogP contribution in [0, 0.1) is 11.3 Å². The van der Waals surface area contributed by atoms with Gasteiger partial charge in [0.15, 0.2) is 0 Å². The third-order valence-corrected chi connectivity index (χ3v) is 0.959. The lowest BCUT2D eigenvalue weighted by Crippen LogP contribution is -2.07. The molecule has 1 heterocycles. The van der Waals surface area contributed by atoms with Gasteiger partial charge in [-0.05, 0) is 0 Å². The molecule has 5 heteroatoms. The second-order valence-electron chi connectivity index (χ2n) is 1.54. The fourth-order valence-corrected chi connectivity index (χ4v) is 0.530. The van der Waals surface area contributed by atoms with Crippen LogP contribution in [-0.2, 0) is 0 Å². The lowest BCUT2D eigenvalue weighted by atomic mass is 10.5. The summed E-state index contributed by atoms with van der Waals surface area (Å²) >= 11 is 0. The Labute approximate surface area is 56.1 Å². The molecular weight excluding hydrogens is 134 g/mol. The minimum atomic E-state index is -1.20. The van der Waals surface area contributed by atoms with Crippen LogP contribution in [0.2, 0.25) is 0 Å². The van der Waals surface area contributed by atoms with E-state index in [2.05, 4.69) is 4.98 Å². The predicted molar refractivity (Wildman–Crippen MR) is 30.4 cm³/mol. The molecule has 0 bridgehead atoms. The van der Waals surface area contributed by atoms with Gasteiger partial charge in [-0.15, -0.1) is 0 Å². The first-order valence-corrected chi connectivity index (χ1v) is 2.41. The van der Waals surface area contributed by atoms with Crippen LogP contribution in [0.3, 0.4) is 0 Å². The zero-order valence-corrected chi connectivity index (χ0v) is 4.85. The van der Waals surface area contributed by atoms with Crippen LogP contribution in [-0.4, -0.2) is 20.8 Å². The van der Waals surface area contributed by atoms with Crippen molar-refractivity contribution >= 4 is 6.09 Å². The molecule has 0 atom stereocenters. The maximum atomic E-state index is 10.2. The summed E-state index contributed by atoms with van der Waals surface area (Å²) in [4.78, 5) is 13.7. The van der Waals surface area contributed by atoms with Gasteiger partial charge in [0.25, 0.3) is 0 Å². The standard InChI is InChI=1S/C5H3N3O2/c6-1-4-2-7-3-8(4)5(9)10/h2-3H,(H,9,10). The Balaban J connectivity index is 3.17. The zero-order chi connectivity index (χ0) is 7.56. The van der Waals surface area contributed by atoms with Crippen molar-refractivity contribution in [3.63, 3.8) is 0 Å². The van der Waals surface area contributed by atoms with Crippen LogP contribution < -0.4 is 0 Å². The number of rotatable bonds is 0. The smallest absolute Gasteiger partial charge is 0.417 e. The van der Waals surface area contributed by atoms with Gasteiger partial charge in [0, 0.05) is 0 Å². The van der Waals surface area contributed by atoms with E-state index in [4.69, 9.17) is 10.4 Å². The van der Waals surface area contributed by atoms with Crippen molar-refractivity contribution in [2.75, 3.05) is 0 Å². The lowest BCUT2D eigenvalue weighted by Gasteiger charge is -1.90. The van der Waals surface area contributed by atoms with Crippen LogP contribution in [0.25, 0.3) is 0 Å². The maximum Gasteiger partial charge on any atom is 0.417 e. The Kier molecular flexibility index (Phi) is 1.38. The van der Waals surface area contributed by atoms with Crippen molar-refractivity contribution in [1.29, 1.82) is 5.26 Å². The van der Waals surface area contributed by atoms with Gasteiger partial charge in [-0.1, -0.05) is 0 Å². The Morgan fingerprint density at radius 1 is 1.90 bits per heavy atom. The molecule has 1 aromatic rings. The third kappa shape index (κ3) is 0.821. The van der Waals surface area contributed by atoms with Crippen molar-refractivity contribution < 1.29 is 9.90 Å². The summed E-state index contributed by atoms with van der Waals surface area (Å²) in [6, 6.07) is 1.68. The van der Waals surface area contributed by atoms with E-state index in [0.29, 0.717) is 0 Å². The normalized spacial score (nSPS) is 8.70. The molecule has 0 aliphatic carbocycles. The minimum absolute atomic E-state index is 0.0208. The van der Waals surface area contributed by atoms with Crippen molar-refractivity contribution in [2.45, 2.75) is 0 Å². The summed E-state index contributed by atoms with van der Waals surface area (Å²) in [5.41, 5.74) is 0.0208. The SMILES string of the molecule is N#Cc1cncn1C(=O)O. The molecule has 0 saturated carbocycles. The number of aromatic nitrogens is 2. The topological polar surface area (TPSA) is 78.9 Å². The Bertz CT molecular complexity index is 296. The summed E-state index contributed by atoms with van der Waals surface area (Å²) < 4.78 is 0.750. The number of hydrogen-bond donors (Lipinski definition) is 1. The summed E-state index contributed by atoms with van der Waals surface area (Å²) in [6.45, 7) is 0. The molecule has 0 spiro atoms. The van der Waals surface area contributed by atoms with E-state index >= 15 is 0 Å². The van der Waals surface area contributed by atoms with Crippen molar-refractivity contribution in [1.82, 2.24) is 9.55 Å². The lowest BCUT2D eigenvalue weighted by molar-refractivity contribution is 0.196. The molecule has 5 nitrogen and oxygen atoms in total. The first-order valence-electron chi connectivity index (χ1n) is 2.41. The highest BCUT2D eigenvalue weighted by Crippen LogP contribution is 1.94. The quantitative estimate of drug-likeness (QED) is 0.557. The number of nitriles is 1. The van der Waals surface area contributed by atoms with Crippen LogP contribution in [0.4, 0.5) is 4.79 Å². The Morgan fingerprint density at radius 2 is 2.60 bits per heavy atom. The molecule has 1 aromatic heterocycles. The number of nitrogens with zero attached hydrogens (tertiary/aromatic N) is 3. The molecular formula is C5H3N3O2. The van der Waals surface area contributed by atoms with Gasteiger partial charge in [-0.25, -0.2) is 14.3 Å². The van der Waals surface area contributed by atoms with E-state index in [1.807, 2.05) is 0 Å². The Morgan fingerprint density at radius 3 is 3.00 bits per heavy atom. The fraction of sp³-hybridized carbons (Fsp3) is 0. The summed E-state index contributed by atoms with van der Waals surface area (Å²) in [6.07, 6.45) is 1.06.